The molecule has 1 fully saturated rings. The molecule has 2 atom stereocenters. The average molecular weight is 478 g/mol. The summed E-state index contributed by atoms with van der Waals surface area (Å²) >= 11 is 0. The summed E-state index contributed by atoms with van der Waals surface area (Å²) in [5.74, 6) is -0.885. The van der Waals surface area contributed by atoms with Gasteiger partial charge in [-0.3, -0.25) is 4.79 Å². The van der Waals surface area contributed by atoms with Crippen LogP contribution in [0.2, 0.25) is 0 Å². The zero-order chi connectivity index (χ0) is 24.4. The molecule has 35 heavy (non-hydrogen) atoms. The van der Waals surface area contributed by atoms with Crippen molar-refractivity contribution in [3.05, 3.63) is 66.4 Å². The Morgan fingerprint density at radius 1 is 1.20 bits per heavy atom. The van der Waals surface area contributed by atoms with Gasteiger partial charge in [0, 0.05) is 42.5 Å². The van der Waals surface area contributed by atoms with E-state index < -0.39 is 17.7 Å². The molecule has 5 N–H and O–H groups in total. The molecule has 1 aliphatic heterocycles. The van der Waals surface area contributed by atoms with Crippen LogP contribution in [0.25, 0.3) is 16.6 Å². The van der Waals surface area contributed by atoms with Crippen molar-refractivity contribution in [1.29, 1.82) is 0 Å². The van der Waals surface area contributed by atoms with Crippen LogP contribution in [0, 0.1) is 11.7 Å². The first-order chi connectivity index (χ1) is 17.0. The normalized spacial score (nSPS) is 17.9. The van der Waals surface area contributed by atoms with Crippen molar-refractivity contribution in [3.8, 4) is 5.69 Å². The van der Waals surface area contributed by atoms with Gasteiger partial charge in [-0.1, -0.05) is 0 Å². The van der Waals surface area contributed by atoms with Gasteiger partial charge in [0.1, 0.15) is 17.5 Å². The number of aliphatic carboxylic acids is 1. The second-order valence-corrected chi connectivity index (χ2v) is 8.35. The number of piperidine rings is 1. The monoisotopic (exact) mass is 477 g/mol. The fourth-order valence-electron chi connectivity index (χ4n) is 4.12. The first kappa shape index (κ1) is 22.7. The number of carboxylic acids is 1. The molecule has 180 valence electrons. The second-order valence-electron chi connectivity index (χ2n) is 8.35. The summed E-state index contributed by atoms with van der Waals surface area (Å²) in [6.07, 6.45) is 3.97. The molecule has 0 bridgehead atoms. The van der Waals surface area contributed by atoms with Gasteiger partial charge in [0.05, 0.1) is 35.1 Å². The van der Waals surface area contributed by atoms with Gasteiger partial charge in [0.15, 0.2) is 0 Å². The van der Waals surface area contributed by atoms with E-state index in [1.165, 1.54) is 10.7 Å². The number of carboxylic acid groups (broad SMARTS) is 1. The number of halogens is 1. The summed E-state index contributed by atoms with van der Waals surface area (Å²) in [7, 11) is 0. The van der Waals surface area contributed by atoms with Crippen molar-refractivity contribution in [1.82, 2.24) is 25.1 Å². The summed E-state index contributed by atoms with van der Waals surface area (Å²) in [5, 5.41) is 33.0. The first-order valence-corrected chi connectivity index (χ1v) is 11.2. The lowest BCUT2D eigenvalue weighted by molar-refractivity contribution is -0.142. The summed E-state index contributed by atoms with van der Waals surface area (Å²) in [6.45, 7) is 0.957. The molecule has 1 saturated heterocycles. The van der Waals surface area contributed by atoms with Gasteiger partial charge in [-0.05, 0) is 43.3 Å². The van der Waals surface area contributed by atoms with E-state index in [0.717, 1.165) is 11.9 Å². The maximum atomic E-state index is 14.8. The van der Waals surface area contributed by atoms with E-state index in [1.54, 1.807) is 42.7 Å². The maximum absolute atomic E-state index is 14.8. The number of fused-ring (bicyclic) bond motifs is 1. The molecule has 0 spiro atoms. The van der Waals surface area contributed by atoms with E-state index in [-0.39, 0.29) is 18.3 Å². The molecule has 0 aliphatic carbocycles. The lowest BCUT2D eigenvalue weighted by atomic mass is 9.93. The molecule has 0 amide bonds. The number of nitrogens with zero attached hydrogens (tertiary/aromatic N) is 4. The van der Waals surface area contributed by atoms with Crippen molar-refractivity contribution in [2.75, 3.05) is 23.7 Å². The van der Waals surface area contributed by atoms with Crippen LogP contribution in [0.5, 0.6) is 0 Å². The van der Waals surface area contributed by atoms with Crippen molar-refractivity contribution in [2.24, 2.45) is 5.92 Å². The zero-order valence-electron chi connectivity index (χ0n) is 18.6. The SMILES string of the molecule is O=C(O)[C@H]1CNCCC1Nc1ccc2cnc(Nc3ccc(-n4ccc(CO)n4)cc3F)cc2n1. The van der Waals surface area contributed by atoms with E-state index >= 15 is 0 Å². The minimum Gasteiger partial charge on any atom is -0.481 e. The van der Waals surface area contributed by atoms with Crippen molar-refractivity contribution in [3.63, 3.8) is 0 Å². The first-order valence-electron chi connectivity index (χ1n) is 11.2. The van der Waals surface area contributed by atoms with E-state index in [1.807, 2.05) is 6.07 Å². The highest BCUT2D eigenvalue weighted by Gasteiger charge is 2.30. The van der Waals surface area contributed by atoms with Gasteiger partial charge < -0.3 is 26.2 Å². The Balaban J connectivity index is 1.35. The molecule has 0 radical (unpaired) electrons. The number of nitrogens with one attached hydrogen (secondary N) is 3. The minimum atomic E-state index is -0.847. The number of hydrogen-bond donors (Lipinski definition) is 5. The summed E-state index contributed by atoms with van der Waals surface area (Å²) < 4.78 is 16.3. The summed E-state index contributed by atoms with van der Waals surface area (Å²) in [5.41, 5.74) is 1.89. The zero-order valence-corrected chi connectivity index (χ0v) is 18.6. The Bertz CT molecular complexity index is 1380. The van der Waals surface area contributed by atoms with E-state index in [0.29, 0.717) is 41.5 Å². The number of rotatable bonds is 7. The molecule has 4 aromatic rings. The van der Waals surface area contributed by atoms with Crippen LogP contribution in [0.4, 0.5) is 21.7 Å². The number of pyridine rings is 2. The quantitative estimate of drug-likeness (QED) is 0.272. The largest absolute Gasteiger partial charge is 0.481 e. The molecule has 1 aliphatic rings. The molecule has 0 saturated carbocycles. The van der Waals surface area contributed by atoms with Gasteiger partial charge in [-0.15, -0.1) is 0 Å². The van der Waals surface area contributed by atoms with Crippen molar-refractivity contribution < 1.29 is 19.4 Å². The van der Waals surface area contributed by atoms with Crippen molar-refractivity contribution in [2.45, 2.75) is 19.1 Å². The lowest BCUT2D eigenvalue weighted by Crippen LogP contribution is -2.47. The predicted molar refractivity (Wildman–Crippen MR) is 128 cm³/mol. The highest BCUT2D eigenvalue weighted by atomic mass is 19.1. The van der Waals surface area contributed by atoms with Crippen LogP contribution in [0.1, 0.15) is 12.1 Å². The number of benzene rings is 1. The molecular formula is C24H24FN7O3. The Hall–Kier alpha value is -4.09. The third-order valence-corrected chi connectivity index (χ3v) is 5.99. The minimum absolute atomic E-state index is 0.188. The Kier molecular flexibility index (Phi) is 6.25. The van der Waals surface area contributed by atoms with E-state index in [9.17, 15) is 14.3 Å². The van der Waals surface area contributed by atoms with Crippen molar-refractivity contribution >= 4 is 34.2 Å². The van der Waals surface area contributed by atoms with Crippen LogP contribution in [0.15, 0.2) is 54.9 Å². The predicted octanol–water partition coefficient (Wildman–Crippen LogP) is 2.67. The van der Waals surface area contributed by atoms with E-state index in [2.05, 4.69) is 31.0 Å². The molecule has 4 heterocycles. The second kappa shape index (κ2) is 9.65. The van der Waals surface area contributed by atoms with Crippen LogP contribution < -0.4 is 16.0 Å². The highest BCUT2D eigenvalue weighted by molar-refractivity contribution is 5.82. The number of hydrogen-bond acceptors (Lipinski definition) is 8. The lowest BCUT2D eigenvalue weighted by Gasteiger charge is -2.30. The number of aliphatic hydroxyl groups is 1. The van der Waals surface area contributed by atoms with Gasteiger partial charge in [0.2, 0.25) is 0 Å². The van der Waals surface area contributed by atoms with Crippen LogP contribution >= 0.6 is 0 Å². The molecule has 5 rings (SSSR count). The number of aliphatic hydroxyl groups excluding tert-OH is 1. The number of carbonyl (C=O) groups is 1. The summed E-state index contributed by atoms with van der Waals surface area (Å²) in [4.78, 5) is 20.5. The average Bonchev–Trinajstić information content (AvgIpc) is 3.35. The Labute approximate surface area is 199 Å². The Morgan fingerprint density at radius 2 is 2.09 bits per heavy atom. The summed E-state index contributed by atoms with van der Waals surface area (Å²) in [6, 6.07) is 11.4. The number of aromatic nitrogens is 4. The molecule has 1 unspecified atom stereocenters. The molecular weight excluding hydrogens is 453 g/mol. The fourth-order valence-corrected chi connectivity index (χ4v) is 4.12. The molecule has 3 aromatic heterocycles. The van der Waals surface area contributed by atoms with Gasteiger partial charge in [0.25, 0.3) is 0 Å². The topological polar surface area (TPSA) is 137 Å². The molecule has 1 aromatic carbocycles. The standard InChI is InChI=1S/C24H24FN7O3/c25-18-9-16(32-8-6-15(13-33)31-32)2-3-20(18)29-23-10-21-14(11-27-23)1-4-22(30-21)28-19-5-7-26-12-17(19)24(34)35/h1-4,6,8-11,17,19,26,33H,5,7,12-13H2,(H,27,29)(H,28,30)(H,34,35)/t17-,19?/m0/s1. The molecule has 11 heteroatoms. The van der Waals surface area contributed by atoms with Gasteiger partial charge in [-0.25, -0.2) is 19.0 Å². The van der Waals surface area contributed by atoms with Crippen LogP contribution in [-0.4, -0.2) is 55.1 Å². The smallest absolute Gasteiger partial charge is 0.309 e. The van der Waals surface area contributed by atoms with Gasteiger partial charge in [-0.2, -0.15) is 5.10 Å². The molecule has 10 nitrogen and oxygen atoms in total. The third kappa shape index (κ3) is 4.91. The highest BCUT2D eigenvalue weighted by Crippen LogP contribution is 2.25. The Morgan fingerprint density at radius 3 is 2.86 bits per heavy atom. The third-order valence-electron chi connectivity index (χ3n) is 5.99. The van der Waals surface area contributed by atoms with Gasteiger partial charge >= 0.3 is 5.97 Å². The maximum Gasteiger partial charge on any atom is 0.309 e. The van der Waals surface area contributed by atoms with Crippen LogP contribution in [0.3, 0.4) is 0 Å². The van der Waals surface area contributed by atoms with E-state index in [4.69, 9.17) is 5.11 Å². The fraction of sp³-hybridized carbons (Fsp3) is 0.250. The van der Waals surface area contributed by atoms with Crippen LogP contribution in [-0.2, 0) is 11.4 Å². The number of anilines is 3.